The van der Waals surface area contributed by atoms with E-state index in [2.05, 4.69) is 30.4 Å². The van der Waals surface area contributed by atoms with E-state index >= 15 is 0 Å². The molecule has 1 aliphatic rings. The van der Waals surface area contributed by atoms with Gasteiger partial charge in [0.2, 0.25) is 17.5 Å². The normalized spacial score (nSPS) is 14.5. The fraction of sp³-hybridized carbons (Fsp3) is 0.263. The lowest BCUT2D eigenvalue weighted by molar-refractivity contribution is -0.138. The Morgan fingerprint density at radius 2 is 1.43 bits per heavy atom. The second-order valence-corrected chi connectivity index (χ2v) is 6.66. The number of piperazine rings is 1. The van der Waals surface area contributed by atoms with E-state index in [1.165, 1.54) is 0 Å². The monoisotopic (exact) mass is 406 g/mol. The van der Waals surface area contributed by atoms with Gasteiger partial charge in [-0.3, -0.25) is 14.5 Å². The van der Waals surface area contributed by atoms with Crippen molar-refractivity contribution >= 4 is 11.9 Å². The van der Waals surface area contributed by atoms with Crippen LogP contribution >= 0.6 is 0 Å². The average molecular weight is 406 g/mol. The Hall–Kier alpha value is -3.86. The molecule has 0 saturated carbocycles. The predicted molar refractivity (Wildman–Crippen MR) is 104 cm³/mol. The number of carbonyl (C=O) groups excluding carboxylic acids is 1. The first-order valence-electron chi connectivity index (χ1n) is 9.29. The zero-order chi connectivity index (χ0) is 20.9. The zero-order valence-electron chi connectivity index (χ0n) is 15.9. The van der Waals surface area contributed by atoms with E-state index in [1.807, 2.05) is 4.90 Å². The van der Waals surface area contributed by atoms with Crippen molar-refractivity contribution in [2.24, 2.45) is 0 Å². The molecule has 4 rings (SSSR count). The van der Waals surface area contributed by atoms with Crippen LogP contribution in [0.3, 0.4) is 0 Å². The third kappa shape index (κ3) is 4.41. The highest BCUT2D eigenvalue weighted by atomic mass is 16.4. The van der Waals surface area contributed by atoms with Crippen LogP contribution in [0.4, 0.5) is 0 Å². The molecule has 0 bridgehead atoms. The number of hydrogen-bond donors (Lipinski definition) is 1. The van der Waals surface area contributed by atoms with Gasteiger partial charge in [0, 0.05) is 49.7 Å². The summed E-state index contributed by atoms with van der Waals surface area (Å²) in [7, 11) is 0. The molecular weight excluding hydrogens is 388 g/mol. The number of aliphatic carboxylic acids is 1. The van der Waals surface area contributed by atoms with E-state index in [0.29, 0.717) is 49.0 Å². The highest BCUT2D eigenvalue weighted by Gasteiger charge is 2.23. The summed E-state index contributed by atoms with van der Waals surface area (Å²) in [4.78, 5) is 35.1. The van der Waals surface area contributed by atoms with E-state index in [9.17, 15) is 9.59 Å². The van der Waals surface area contributed by atoms with Gasteiger partial charge in [0.15, 0.2) is 0 Å². The minimum atomic E-state index is -0.860. The molecule has 1 aliphatic heterocycles. The Morgan fingerprint density at radius 1 is 0.833 bits per heavy atom. The molecule has 0 spiro atoms. The van der Waals surface area contributed by atoms with Crippen molar-refractivity contribution < 1.29 is 14.7 Å². The summed E-state index contributed by atoms with van der Waals surface area (Å²) >= 11 is 0. The summed E-state index contributed by atoms with van der Waals surface area (Å²) < 4.78 is 0. The largest absolute Gasteiger partial charge is 0.480 e. The molecule has 11 nitrogen and oxygen atoms in total. The zero-order valence-corrected chi connectivity index (χ0v) is 15.9. The van der Waals surface area contributed by atoms with Gasteiger partial charge in [0.25, 0.3) is 5.91 Å². The predicted octanol–water partition coefficient (Wildman–Crippen LogP) is 0.233. The van der Waals surface area contributed by atoms with Crippen LogP contribution in [0.2, 0.25) is 0 Å². The van der Waals surface area contributed by atoms with Crippen molar-refractivity contribution in [1.82, 2.24) is 40.2 Å². The van der Waals surface area contributed by atoms with Gasteiger partial charge in [-0.15, -0.1) is 20.4 Å². The number of carbonyl (C=O) groups is 2. The molecule has 11 heteroatoms. The molecule has 1 fully saturated rings. The Labute approximate surface area is 171 Å². The third-order valence-corrected chi connectivity index (χ3v) is 4.65. The maximum atomic E-state index is 12.7. The quantitative estimate of drug-likeness (QED) is 0.626. The number of aromatic nitrogens is 6. The van der Waals surface area contributed by atoms with Crippen molar-refractivity contribution in [3.8, 4) is 23.0 Å². The molecule has 1 aromatic carbocycles. The van der Waals surface area contributed by atoms with Gasteiger partial charge >= 0.3 is 5.97 Å². The molecule has 2 aromatic heterocycles. The lowest BCUT2D eigenvalue weighted by Crippen LogP contribution is -2.49. The molecule has 0 aliphatic carbocycles. The van der Waals surface area contributed by atoms with E-state index in [0.717, 1.165) is 0 Å². The van der Waals surface area contributed by atoms with Gasteiger partial charge in [-0.1, -0.05) is 12.1 Å². The van der Waals surface area contributed by atoms with E-state index in [1.54, 1.807) is 47.6 Å². The van der Waals surface area contributed by atoms with Gasteiger partial charge in [-0.05, 0) is 18.2 Å². The van der Waals surface area contributed by atoms with Crippen molar-refractivity contribution in [1.29, 1.82) is 0 Å². The van der Waals surface area contributed by atoms with Gasteiger partial charge in [-0.2, -0.15) is 0 Å². The van der Waals surface area contributed by atoms with Crippen molar-refractivity contribution in [2.75, 3.05) is 32.7 Å². The first kappa shape index (κ1) is 19.5. The van der Waals surface area contributed by atoms with Gasteiger partial charge in [-0.25, -0.2) is 9.97 Å². The van der Waals surface area contributed by atoms with Crippen LogP contribution in [-0.4, -0.2) is 89.9 Å². The van der Waals surface area contributed by atoms with Crippen LogP contribution in [0.1, 0.15) is 10.4 Å². The molecule has 30 heavy (non-hydrogen) atoms. The van der Waals surface area contributed by atoms with E-state index in [4.69, 9.17) is 5.11 Å². The second kappa shape index (κ2) is 8.66. The molecule has 3 heterocycles. The molecular formula is C19H18N8O3. The van der Waals surface area contributed by atoms with Crippen LogP contribution in [0.5, 0.6) is 0 Å². The number of nitrogens with zero attached hydrogens (tertiary/aromatic N) is 8. The third-order valence-electron chi connectivity index (χ3n) is 4.65. The van der Waals surface area contributed by atoms with Crippen molar-refractivity contribution in [3.63, 3.8) is 0 Å². The number of hydrogen-bond acceptors (Lipinski definition) is 9. The molecule has 1 N–H and O–H groups in total. The minimum absolute atomic E-state index is 0.00597. The SMILES string of the molecule is O=C(O)CN1CCN(C(=O)c2ccc(-c3nnc(-c4ncccn4)nn3)cc2)CC1. The highest BCUT2D eigenvalue weighted by molar-refractivity contribution is 5.94. The molecule has 0 unspecified atom stereocenters. The summed E-state index contributed by atoms with van der Waals surface area (Å²) in [6.07, 6.45) is 3.17. The number of carboxylic acids is 1. The lowest BCUT2D eigenvalue weighted by Gasteiger charge is -2.33. The fourth-order valence-corrected chi connectivity index (χ4v) is 3.09. The van der Waals surface area contributed by atoms with E-state index < -0.39 is 5.97 Å². The van der Waals surface area contributed by atoms with Crippen LogP contribution in [-0.2, 0) is 4.79 Å². The fourth-order valence-electron chi connectivity index (χ4n) is 3.09. The average Bonchev–Trinajstić information content (AvgIpc) is 2.80. The van der Waals surface area contributed by atoms with E-state index in [-0.39, 0.29) is 18.3 Å². The first-order valence-corrected chi connectivity index (χ1v) is 9.29. The number of amides is 1. The Bertz CT molecular complexity index is 1020. The minimum Gasteiger partial charge on any atom is -0.480 e. The van der Waals surface area contributed by atoms with Crippen LogP contribution < -0.4 is 0 Å². The Balaban J connectivity index is 1.40. The number of carboxylic acid groups (broad SMARTS) is 1. The summed E-state index contributed by atoms with van der Waals surface area (Å²) in [5, 5.41) is 25.0. The molecule has 0 radical (unpaired) electrons. The van der Waals surface area contributed by atoms with Crippen LogP contribution in [0.15, 0.2) is 42.7 Å². The molecule has 152 valence electrons. The summed E-state index contributed by atoms with van der Waals surface area (Å²) in [5.41, 5.74) is 1.22. The van der Waals surface area contributed by atoms with Crippen molar-refractivity contribution in [2.45, 2.75) is 0 Å². The topological polar surface area (TPSA) is 138 Å². The summed E-state index contributed by atoms with van der Waals surface area (Å²) in [6, 6.07) is 8.59. The van der Waals surface area contributed by atoms with Crippen molar-refractivity contribution in [3.05, 3.63) is 48.3 Å². The van der Waals surface area contributed by atoms with Gasteiger partial charge in [0.05, 0.1) is 6.54 Å². The number of benzene rings is 1. The molecule has 3 aromatic rings. The lowest BCUT2D eigenvalue weighted by atomic mass is 10.1. The smallest absolute Gasteiger partial charge is 0.317 e. The number of rotatable bonds is 5. The Kier molecular flexibility index (Phi) is 5.61. The molecule has 0 atom stereocenters. The summed E-state index contributed by atoms with van der Waals surface area (Å²) in [5.74, 6) is -0.0521. The molecule has 1 saturated heterocycles. The maximum Gasteiger partial charge on any atom is 0.317 e. The Morgan fingerprint density at radius 3 is 2.03 bits per heavy atom. The van der Waals surface area contributed by atoms with Crippen LogP contribution in [0.25, 0.3) is 23.0 Å². The first-order chi connectivity index (χ1) is 14.6. The highest BCUT2D eigenvalue weighted by Crippen LogP contribution is 2.17. The van der Waals surface area contributed by atoms with Gasteiger partial charge < -0.3 is 10.0 Å². The van der Waals surface area contributed by atoms with Crippen LogP contribution in [0, 0.1) is 0 Å². The maximum absolute atomic E-state index is 12.7. The van der Waals surface area contributed by atoms with Gasteiger partial charge in [0.1, 0.15) is 0 Å². The second-order valence-electron chi connectivity index (χ2n) is 6.66. The molecule has 1 amide bonds. The standard InChI is InChI=1S/C19H18N8O3/c28-15(29)12-26-8-10-27(11-9-26)19(30)14-4-2-13(3-5-14)16-22-24-18(25-23-16)17-20-6-1-7-21-17/h1-7H,8-12H2,(H,28,29). The summed E-state index contributed by atoms with van der Waals surface area (Å²) in [6.45, 7) is 2.06.